The lowest BCUT2D eigenvalue weighted by atomic mass is 10.0. The van der Waals surface area contributed by atoms with Gasteiger partial charge >= 0.3 is 0 Å². The van der Waals surface area contributed by atoms with Gasteiger partial charge < -0.3 is 9.64 Å². The zero-order chi connectivity index (χ0) is 18.4. The van der Waals surface area contributed by atoms with Gasteiger partial charge in [0.15, 0.2) is 0 Å². The van der Waals surface area contributed by atoms with Crippen molar-refractivity contribution in [2.24, 2.45) is 4.99 Å². The standard InChI is InChI=1S/C20H29N3OS/c1-7-23(6)13-21-19-9-15(4)17(8-16(19)5)10-20-22-18(12-25-20)11-24-14(2)3/h8-9,12-14H,7,10-11H2,1-6H3/b21-13+. The van der Waals surface area contributed by atoms with Gasteiger partial charge in [-0.2, -0.15) is 0 Å². The number of hydrogen-bond acceptors (Lipinski definition) is 4. The van der Waals surface area contributed by atoms with E-state index in [1.54, 1.807) is 11.3 Å². The van der Waals surface area contributed by atoms with Crippen LogP contribution in [0.25, 0.3) is 0 Å². The van der Waals surface area contributed by atoms with Crippen LogP contribution in [0.1, 0.15) is 48.2 Å². The fourth-order valence-electron chi connectivity index (χ4n) is 2.34. The van der Waals surface area contributed by atoms with E-state index in [0.29, 0.717) is 6.61 Å². The average molecular weight is 360 g/mol. The summed E-state index contributed by atoms with van der Waals surface area (Å²) >= 11 is 1.70. The summed E-state index contributed by atoms with van der Waals surface area (Å²) in [6, 6.07) is 4.40. The highest BCUT2D eigenvalue weighted by molar-refractivity contribution is 7.09. The zero-order valence-electron chi connectivity index (χ0n) is 16.2. The maximum absolute atomic E-state index is 5.63. The van der Waals surface area contributed by atoms with Crippen LogP contribution in [0.2, 0.25) is 0 Å². The van der Waals surface area contributed by atoms with E-state index in [1.165, 1.54) is 16.7 Å². The van der Waals surface area contributed by atoms with Gasteiger partial charge in [0.2, 0.25) is 0 Å². The lowest BCUT2D eigenvalue weighted by Crippen LogP contribution is -2.14. The summed E-state index contributed by atoms with van der Waals surface area (Å²) in [5, 5.41) is 3.23. The molecule has 2 rings (SSSR count). The second-order valence-electron chi connectivity index (χ2n) is 6.65. The Labute approximate surface area is 155 Å². The van der Waals surface area contributed by atoms with Gasteiger partial charge in [-0.15, -0.1) is 11.3 Å². The molecule has 0 aliphatic carbocycles. The quantitative estimate of drug-likeness (QED) is 0.497. The minimum atomic E-state index is 0.231. The van der Waals surface area contributed by atoms with E-state index >= 15 is 0 Å². The predicted molar refractivity (Wildman–Crippen MR) is 107 cm³/mol. The molecule has 1 aromatic carbocycles. The summed E-state index contributed by atoms with van der Waals surface area (Å²) in [7, 11) is 2.03. The number of thiazole rings is 1. The molecule has 0 atom stereocenters. The van der Waals surface area contributed by atoms with Crippen LogP contribution in [0.15, 0.2) is 22.5 Å². The van der Waals surface area contributed by atoms with E-state index in [4.69, 9.17) is 9.72 Å². The van der Waals surface area contributed by atoms with Gasteiger partial charge in [-0.05, 0) is 57.4 Å². The minimum absolute atomic E-state index is 0.231. The van der Waals surface area contributed by atoms with Crippen LogP contribution in [0.4, 0.5) is 5.69 Å². The molecule has 0 unspecified atom stereocenters. The molecule has 0 aliphatic rings. The van der Waals surface area contributed by atoms with Crippen LogP contribution in [-0.4, -0.2) is 35.9 Å². The maximum atomic E-state index is 5.63. The minimum Gasteiger partial charge on any atom is -0.372 e. The SMILES string of the molecule is CCN(C)/C=N/c1cc(C)c(Cc2nc(COC(C)C)cs2)cc1C. The van der Waals surface area contributed by atoms with Gasteiger partial charge in [0, 0.05) is 25.4 Å². The van der Waals surface area contributed by atoms with E-state index in [9.17, 15) is 0 Å². The van der Waals surface area contributed by atoms with Crippen molar-refractivity contribution < 1.29 is 4.74 Å². The Morgan fingerprint density at radius 1 is 1.28 bits per heavy atom. The second kappa shape index (κ2) is 9.11. The van der Waals surface area contributed by atoms with Crippen molar-refractivity contribution in [2.45, 2.75) is 53.8 Å². The highest BCUT2D eigenvalue weighted by Gasteiger charge is 2.09. The zero-order valence-corrected chi connectivity index (χ0v) is 17.0. The molecular formula is C20H29N3OS. The molecule has 0 N–H and O–H groups in total. The Kier molecular flexibility index (Phi) is 7.14. The van der Waals surface area contributed by atoms with Gasteiger partial charge in [-0.1, -0.05) is 6.07 Å². The van der Waals surface area contributed by atoms with Crippen LogP contribution in [-0.2, 0) is 17.8 Å². The molecule has 0 fully saturated rings. The Hall–Kier alpha value is -1.72. The summed E-state index contributed by atoms with van der Waals surface area (Å²) in [6.07, 6.45) is 2.98. The molecule has 2 aromatic rings. The molecule has 0 aliphatic heterocycles. The fraction of sp³-hybridized carbons (Fsp3) is 0.500. The third-order valence-corrected chi connectivity index (χ3v) is 4.95. The molecule has 1 aromatic heterocycles. The Bertz CT molecular complexity index is 722. The van der Waals surface area contributed by atoms with Crippen molar-refractivity contribution in [3.63, 3.8) is 0 Å². The summed E-state index contributed by atoms with van der Waals surface area (Å²) in [4.78, 5) is 11.4. The summed E-state index contributed by atoms with van der Waals surface area (Å²) < 4.78 is 5.63. The van der Waals surface area contributed by atoms with E-state index in [0.717, 1.165) is 29.4 Å². The number of aromatic nitrogens is 1. The van der Waals surface area contributed by atoms with E-state index in [2.05, 4.69) is 48.2 Å². The molecule has 0 radical (unpaired) electrons. The summed E-state index contributed by atoms with van der Waals surface area (Å²) in [5.41, 5.74) is 5.82. The van der Waals surface area contributed by atoms with Crippen molar-refractivity contribution in [3.8, 4) is 0 Å². The molecule has 5 heteroatoms. The van der Waals surface area contributed by atoms with Crippen LogP contribution in [0, 0.1) is 13.8 Å². The molecule has 1 heterocycles. The Morgan fingerprint density at radius 3 is 2.72 bits per heavy atom. The smallest absolute Gasteiger partial charge is 0.0973 e. The van der Waals surface area contributed by atoms with Crippen molar-refractivity contribution in [2.75, 3.05) is 13.6 Å². The molecule has 4 nitrogen and oxygen atoms in total. The number of nitrogens with zero attached hydrogens (tertiary/aromatic N) is 3. The molecule has 0 spiro atoms. The van der Waals surface area contributed by atoms with Crippen molar-refractivity contribution in [1.82, 2.24) is 9.88 Å². The van der Waals surface area contributed by atoms with Gasteiger partial charge in [0.1, 0.15) is 0 Å². The summed E-state index contributed by atoms with van der Waals surface area (Å²) in [6.45, 7) is 12.0. The number of benzene rings is 1. The molecule has 25 heavy (non-hydrogen) atoms. The predicted octanol–water partition coefficient (Wildman–Crippen LogP) is 4.89. The van der Waals surface area contributed by atoms with Gasteiger partial charge in [-0.3, -0.25) is 0 Å². The average Bonchev–Trinajstić information content (AvgIpc) is 3.02. The summed E-state index contributed by atoms with van der Waals surface area (Å²) in [5.74, 6) is 0. The fourth-order valence-corrected chi connectivity index (χ4v) is 3.15. The largest absolute Gasteiger partial charge is 0.372 e. The van der Waals surface area contributed by atoms with Crippen LogP contribution < -0.4 is 0 Å². The van der Waals surface area contributed by atoms with Gasteiger partial charge in [0.05, 0.1) is 35.4 Å². The van der Waals surface area contributed by atoms with E-state index < -0.39 is 0 Å². The molecule has 0 saturated carbocycles. The number of hydrogen-bond donors (Lipinski definition) is 0. The van der Waals surface area contributed by atoms with Gasteiger partial charge in [0.25, 0.3) is 0 Å². The topological polar surface area (TPSA) is 37.7 Å². The third-order valence-electron chi connectivity index (χ3n) is 4.05. The molecule has 0 saturated heterocycles. The highest BCUT2D eigenvalue weighted by atomic mass is 32.1. The van der Waals surface area contributed by atoms with Crippen LogP contribution in [0.5, 0.6) is 0 Å². The first kappa shape index (κ1) is 19.6. The van der Waals surface area contributed by atoms with Crippen molar-refractivity contribution >= 4 is 23.4 Å². The first-order valence-electron chi connectivity index (χ1n) is 8.78. The Balaban J connectivity index is 2.10. The van der Waals surface area contributed by atoms with Crippen molar-refractivity contribution in [1.29, 1.82) is 0 Å². The molecule has 0 amide bonds. The number of ether oxygens (including phenoxy) is 1. The van der Waals surface area contributed by atoms with E-state index in [-0.39, 0.29) is 6.10 Å². The number of rotatable bonds is 8. The van der Waals surface area contributed by atoms with Crippen molar-refractivity contribution in [3.05, 3.63) is 44.9 Å². The Morgan fingerprint density at radius 2 is 2.04 bits per heavy atom. The monoisotopic (exact) mass is 359 g/mol. The molecular weight excluding hydrogens is 330 g/mol. The van der Waals surface area contributed by atoms with Gasteiger partial charge in [-0.25, -0.2) is 9.98 Å². The number of aryl methyl sites for hydroxylation is 2. The van der Waals surface area contributed by atoms with Crippen LogP contribution in [0.3, 0.4) is 0 Å². The van der Waals surface area contributed by atoms with Crippen LogP contribution >= 0.6 is 11.3 Å². The maximum Gasteiger partial charge on any atom is 0.0973 e. The second-order valence-corrected chi connectivity index (χ2v) is 7.59. The van der Waals surface area contributed by atoms with E-state index in [1.807, 2.05) is 27.2 Å². The highest BCUT2D eigenvalue weighted by Crippen LogP contribution is 2.26. The lowest BCUT2D eigenvalue weighted by molar-refractivity contribution is 0.0638. The molecule has 0 bridgehead atoms. The molecule has 136 valence electrons. The third kappa shape index (κ3) is 5.94. The lowest BCUT2D eigenvalue weighted by Gasteiger charge is -2.11. The normalized spacial score (nSPS) is 11.6. The number of aliphatic imine (C=N–C) groups is 1. The first-order chi connectivity index (χ1) is 11.9. The first-order valence-corrected chi connectivity index (χ1v) is 9.66.